The van der Waals surface area contributed by atoms with Crippen LogP contribution in [-0.2, 0) is 4.79 Å². The van der Waals surface area contributed by atoms with Gasteiger partial charge in [-0.25, -0.2) is 4.79 Å². The summed E-state index contributed by atoms with van der Waals surface area (Å²) in [5.74, 6) is 1.90. The van der Waals surface area contributed by atoms with Gasteiger partial charge in [-0.15, -0.1) is 0 Å². The van der Waals surface area contributed by atoms with Crippen molar-refractivity contribution in [3.05, 3.63) is 0 Å². The molecular formula is C20H32O3. The maximum atomic E-state index is 12.2. The summed E-state index contributed by atoms with van der Waals surface area (Å²) in [5, 5.41) is 21.5. The van der Waals surface area contributed by atoms with Gasteiger partial charge in [0.15, 0.2) is 5.60 Å². The van der Waals surface area contributed by atoms with Gasteiger partial charge in [0, 0.05) is 5.92 Å². The molecule has 0 aliphatic heterocycles. The van der Waals surface area contributed by atoms with E-state index in [1.807, 2.05) is 0 Å². The molecule has 0 heterocycles. The van der Waals surface area contributed by atoms with Gasteiger partial charge < -0.3 is 10.2 Å². The van der Waals surface area contributed by atoms with Gasteiger partial charge in [-0.05, 0) is 74.5 Å². The molecule has 0 aromatic heterocycles. The third-order valence-electron chi connectivity index (χ3n) is 8.10. The molecule has 130 valence electrons. The first-order valence-corrected chi connectivity index (χ1v) is 10.1. The predicted molar refractivity (Wildman–Crippen MR) is 88.9 cm³/mol. The van der Waals surface area contributed by atoms with Crippen LogP contribution in [0.1, 0.15) is 77.0 Å². The molecule has 0 radical (unpaired) electrons. The van der Waals surface area contributed by atoms with Gasteiger partial charge in [0.2, 0.25) is 0 Å². The molecule has 4 aliphatic carbocycles. The summed E-state index contributed by atoms with van der Waals surface area (Å²) in [6, 6.07) is 0. The summed E-state index contributed by atoms with van der Waals surface area (Å²) in [5.41, 5.74) is -1.46. The normalized spacial score (nSPS) is 43.6. The Morgan fingerprint density at radius 1 is 0.783 bits per heavy atom. The molecule has 0 aromatic rings. The van der Waals surface area contributed by atoms with Crippen molar-refractivity contribution in [2.45, 2.75) is 82.7 Å². The van der Waals surface area contributed by atoms with Crippen molar-refractivity contribution in [1.82, 2.24) is 0 Å². The average molecular weight is 320 g/mol. The van der Waals surface area contributed by atoms with Gasteiger partial charge in [-0.3, -0.25) is 0 Å². The Balaban J connectivity index is 1.64. The molecule has 4 rings (SSSR count). The molecule has 23 heavy (non-hydrogen) atoms. The zero-order valence-electron chi connectivity index (χ0n) is 14.3. The van der Waals surface area contributed by atoms with Gasteiger partial charge in [-0.1, -0.05) is 32.1 Å². The number of rotatable bonds is 3. The minimum Gasteiger partial charge on any atom is -0.479 e. The number of carbonyl (C=O) groups is 1. The van der Waals surface area contributed by atoms with Crippen LogP contribution in [0.4, 0.5) is 0 Å². The molecule has 0 saturated heterocycles. The second kappa shape index (κ2) is 6.06. The molecule has 2 N–H and O–H groups in total. The largest absolute Gasteiger partial charge is 0.479 e. The topological polar surface area (TPSA) is 57.5 Å². The van der Waals surface area contributed by atoms with Crippen molar-refractivity contribution in [1.29, 1.82) is 0 Å². The average Bonchev–Trinajstić information content (AvgIpc) is 3.00. The van der Waals surface area contributed by atoms with Crippen LogP contribution in [-0.4, -0.2) is 21.8 Å². The van der Waals surface area contributed by atoms with Crippen LogP contribution < -0.4 is 0 Å². The number of aliphatic hydroxyl groups is 1. The quantitative estimate of drug-likeness (QED) is 0.818. The minimum atomic E-state index is -1.46. The van der Waals surface area contributed by atoms with Crippen molar-refractivity contribution >= 4 is 5.97 Å². The number of aliphatic carboxylic acids is 1. The maximum absolute atomic E-state index is 12.2. The highest BCUT2D eigenvalue weighted by atomic mass is 16.4. The number of carboxylic acids is 1. The molecule has 0 unspecified atom stereocenters. The monoisotopic (exact) mass is 320 g/mol. The third-order valence-corrected chi connectivity index (χ3v) is 8.10. The van der Waals surface area contributed by atoms with Crippen LogP contribution in [0.2, 0.25) is 0 Å². The first-order chi connectivity index (χ1) is 11.1. The Bertz CT molecular complexity index is 450. The zero-order valence-corrected chi connectivity index (χ0v) is 14.3. The van der Waals surface area contributed by atoms with E-state index >= 15 is 0 Å². The first kappa shape index (κ1) is 15.9. The third kappa shape index (κ3) is 2.45. The van der Waals surface area contributed by atoms with E-state index in [0.717, 1.165) is 62.7 Å². The maximum Gasteiger partial charge on any atom is 0.336 e. The molecule has 6 atom stereocenters. The summed E-state index contributed by atoms with van der Waals surface area (Å²) < 4.78 is 0. The van der Waals surface area contributed by atoms with Gasteiger partial charge >= 0.3 is 5.97 Å². The fourth-order valence-corrected chi connectivity index (χ4v) is 7.18. The van der Waals surface area contributed by atoms with E-state index in [1.165, 1.54) is 32.1 Å². The summed E-state index contributed by atoms with van der Waals surface area (Å²) in [6.45, 7) is 0. The summed E-state index contributed by atoms with van der Waals surface area (Å²) in [6.07, 6.45) is 13.8. The summed E-state index contributed by atoms with van der Waals surface area (Å²) in [4.78, 5) is 12.2. The van der Waals surface area contributed by atoms with Gasteiger partial charge in [-0.2, -0.15) is 0 Å². The Morgan fingerprint density at radius 3 is 2.13 bits per heavy atom. The Kier molecular flexibility index (Phi) is 4.19. The van der Waals surface area contributed by atoms with Gasteiger partial charge in [0.05, 0.1) is 0 Å². The zero-order chi connectivity index (χ0) is 16.0. The summed E-state index contributed by atoms with van der Waals surface area (Å²) in [7, 11) is 0. The van der Waals surface area contributed by atoms with Crippen molar-refractivity contribution in [2.24, 2.45) is 35.5 Å². The SMILES string of the molecule is O=C(O)[C@](O)(C1CCCCC1)[C@@H]1CC[C@@H]2CC[C@H]3CCC[C@H]1[C@@H]32. The van der Waals surface area contributed by atoms with E-state index in [-0.39, 0.29) is 11.8 Å². The van der Waals surface area contributed by atoms with E-state index in [0.29, 0.717) is 5.92 Å². The Hall–Kier alpha value is -0.570. The van der Waals surface area contributed by atoms with Crippen molar-refractivity contribution < 1.29 is 15.0 Å². The molecular weight excluding hydrogens is 288 g/mol. The van der Waals surface area contributed by atoms with Crippen molar-refractivity contribution in [3.63, 3.8) is 0 Å². The number of hydrogen-bond acceptors (Lipinski definition) is 2. The summed E-state index contributed by atoms with van der Waals surface area (Å²) >= 11 is 0. The number of carboxylic acid groups (broad SMARTS) is 1. The van der Waals surface area contributed by atoms with Crippen molar-refractivity contribution in [2.75, 3.05) is 0 Å². The predicted octanol–water partition coefficient (Wildman–Crippen LogP) is 4.23. The second-order valence-electron chi connectivity index (χ2n) is 8.92. The lowest BCUT2D eigenvalue weighted by atomic mass is 9.54. The van der Waals surface area contributed by atoms with E-state index in [4.69, 9.17) is 0 Å². The lowest BCUT2D eigenvalue weighted by Crippen LogP contribution is -2.58. The van der Waals surface area contributed by atoms with E-state index < -0.39 is 11.6 Å². The van der Waals surface area contributed by atoms with Crippen LogP contribution in [0.15, 0.2) is 0 Å². The molecule has 0 amide bonds. The molecule has 0 bridgehead atoms. The highest BCUT2D eigenvalue weighted by molar-refractivity contribution is 5.78. The molecule has 0 aromatic carbocycles. The van der Waals surface area contributed by atoms with E-state index in [9.17, 15) is 15.0 Å². The van der Waals surface area contributed by atoms with E-state index in [2.05, 4.69) is 0 Å². The lowest BCUT2D eigenvalue weighted by molar-refractivity contribution is -0.188. The number of hydrogen-bond donors (Lipinski definition) is 2. The van der Waals surface area contributed by atoms with Crippen LogP contribution in [0.25, 0.3) is 0 Å². The minimum absolute atomic E-state index is 0.00486. The van der Waals surface area contributed by atoms with Gasteiger partial charge in [0.1, 0.15) is 0 Å². The Morgan fingerprint density at radius 2 is 1.43 bits per heavy atom. The standard InChI is InChI=1S/C20H32O3/c21-19(22)20(23,15-6-2-1-3-7-15)17-12-11-14-10-9-13-5-4-8-16(17)18(13)14/h13-18,23H,1-12H2,(H,21,22)/t13-,14+,16-,17-,18+,20+/m1/s1. The van der Waals surface area contributed by atoms with Crippen LogP contribution in [0.5, 0.6) is 0 Å². The molecule has 4 fully saturated rings. The first-order valence-electron chi connectivity index (χ1n) is 10.1. The second-order valence-corrected chi connectivity index (χ2v) is 8.92. The van der Waals surface area contributed by atoms with Crippen LogP contribution >= 0.6 is 0 Å². The van der Waals surface area contributed by atoms with Crippen LogP contribution in [0, 0.1) is 35.5 Å². The molecule has 4 aliphatic rings. The molecule has 3 heteroatoms. The smallest absolute Gasteiger partial charge is 0.336 e. The highest BCUT2D eigenvalue weighted by Gasteiger charge is 2.58. The molecule has 0 spiro atoms. The molecule has 4 saturated carbocycles. The molecule has 3 nitrogen and oxygen atoms in total. The van der Waals surface area contributed by atoms with E-state index in [1.54, 1.807) is 0 Å². The lowest BCUT2D eigenvalue weighted by Gasteiger charge is -2.52. The Labute approximate surface area is 139 Å². The fraction of sp³-hybridized carbons (Fsp3) is 0.950. The van der Waals surface area contributed by atoms with Gasteiger partial charge in [0.25, 0.3) is 0 Å². The highest BCUT2D eigenvalue weighted by Crippen LogP contribution is 2.59. The van der Waals surface area contributed by atoms with Crippen molar-refractivity contribution in [3.8, 4) is 0 Å². The van der Waals surface area contributed by atoms with Crippen LogP contribution in [0.3, 0.4) is 0 Å². The fourth-order valence-electron chi connectivity index (χ4n) is 7.18.